The maximum Gasteiger partial charge on any atom is 0.541 e. The van der Waals surface area contributed by atoms with Crippen molar-refractivity contribution >= 4 is 6.16 Å². The molecule has 2 aromatic rings. The zero-order valence-corrected chi connectivity index (χ0v) is 13.9. The van der Waals surface area contributed by atoms with E-state index in [2.05, 4.69) is 0 Å². The van der Waals surface area contributed by atoms with E-state index in [1.54, 1.807) is 13.8 Å². The second-order valence-corrected chi connectivity index (χ2v) is 6.27. The van der Waals surface area contributed by atoms with Crippen molar-refractivity contribution < 1.29 is 19.3 Å². The third-order valence-electron chi connectivity index (χ3n) is 3.59. The molecule has 0 aliphatic heterocycles. The van der Waals surface area contributed by atoms with Crippen LogP contribution in [-0.2, 0) is 25.7 Å². The highest BCUT2D eigenvalue weighted by molar-refractivity contribution is 5.60. The quantitative estimate of drug-likeness (QED) is 0.445. The summed E-state index contributed by atoms with van der Waals surface area (Å²) in [6, 6.07) is 19.0. The van der Waals surface area contributed by atoms with Gasteiger partial charge < -0.3 is 4.74 Å². The van der Waals surface area contributed by atoms with Crippen LogP contribution in [-0.4, -0.2) is 6.16 Å². The largest absolute Gasteiger partial charge is 0.541 e. The Morgan fingerprint density at radius 2 is 1.17 bits per heavy atom. The molecule has 0 fully saturated rings. The van der Waals surface area contributed by atoms with E-state index in [-0.39, 0.29) is 0 Å². The monoisotopic (exact) mass is 314 g/mol. The van der Waals surface area contributed by atoms with E-state index in [0.29, 0.717) is 0 Å². The molecule has 0 spiro atoms. The molecule has 0 amide bonds. The van der Waals surface area contributed by atoms with Gasteiger partial charge in [0.1, 0.15) is 11.2 Å². The Hall–Kier alpha value is -2.33. The first-order valence-corrected chi connectivity index (χ1v) is 7.51. The lowest BCUT2D eigenvalue weighted by molar-refractivity contribution is -0.326. The lowest BCUT2D eigenvalue weighted by Crippen LogP contribution is -2.29. The van der Waals surface area contributed by atoms with E-state index in [4.69, 9.17) is 14.5 Å². The average molecular weight is 314 g/mol. The van der Waals surface area contributed by atoms with Crippen LogP contribution in [0.5, 0.6) is 0 Å². The van der Waals surface area contributed by atoms with Crippen LogP contribution in [0.3, 0.4) is 0 Å². The standard InChI is InChI=1S/C19H22O4/c1-18(2,15-11-7-5-8-12-15)21-17(20)22-23-19(3,4)16-13-9-6-10-14-16/h5-14H,1-4H3. The molecule has 2 rings (SSSR count). The minimum atomic E-state index is -0.872. The van der Waals surface area contributed by atoms with Crippen LogP contribution >= 0.6 is 0 Å². The second-order valence-electron chi connectivity index (χ2n) is 6.27. The lowest BCUT2D eigenvalue weighted by Gasteiger charge is -2.27. The molecular weight excluding hydrogens is 292 g/mol. The summed E-state index contributed by atoms with van der Waals surface area (Å²) < 4.78 is 5.37. The number of rotatable bonds is 5. The lowest BCUT2D eigenvalue weighted by atomic mass is 9.98. The van der Waals surface area contributed by atoms with Crippen LogP contribution in [0.25, 0.3) is 0 Å². The molecular formula is C19H22O4. The van der Waals surface area contributed by atoms with Gasteiger partial charge in [0.2, 0.25) is 0 Å². The maximum absolute atomic E-state index is 11.9. The first kappa shape index (κ1) is 17.0. The molecule has 4 nitrogen and oxygen atoms in total. The minimum Gasteiger partial charge on any atom is -0.421 e. The first-order chi connectivity index (χ1) is 10.8. The fourth-order valence-electron chi connectivity index (χ4n) is 2.15. The Kier molecular flexibility index (Phi) is 5.06. The van der Waals surface area contributed by atoms with E-state index < -0.39 is 17.4 Å². The van der Waals surface area contributed by atoms with E-state index >= 15 is 0 Å². The van der Waals surface area contributed by atoms with Crippen molar-refractivity contribution in [1.82, 2.24) is 0 Å². The summed E-state index contributed by atoms with van der Waals surface area (Å²) in [4.78, 5) is 22.1. The Morgan fingerprint density at radius 3 is 1.65 bits per heavy atom. The zero-order chi connectivity index (χ0) is 16.9. The molecule has 0 saturated heterocycles. The van der Waals surface area contributed by atoms with Gasteiger partial charge in [0, 0.05) is 0 Å². The van der Waals surface area contributed by atoms with Crippen LogP contribution in [0.4, 0.5) is 4.79 Å². The third kappa shape index (κ3) is 4.57. The van der Waals surface area contributed by atoms with Gasteiger partial charge in [-0.05, 0) is 38.8 Å². The normalized spacial score (nSPS) is 11.8. The van der Waals surface area contributed by atoms with Crippen LogP contribution < -0.4 is 0 Å². The van der Waals surface area contributed by atoms with Gasteiger partial charge in [-0.1, -0.05) is 60.7 Å². The molecule has 0 unspecified atom stereocenters. The Morgan fingerprint density at radius 1 is 0.739 bits per heavy atom. The summed E-state index contributed by atoms with van der Waals surface area (Å²) in [5.74, 6) is 0. The van der Waals surface area contributed by atoms with Crippen LogP contribution in [0, 0.1) is 0 Å². The molecule has 0 saturated carbocycles. The van der Waals surface area contributed by atoms with Gasteiger partial charge in [0.25, 0.3) is 0 Å². The van der Waals surface area contributed by atoms with Gasteiger partial charge in [-0.15, -0.1) is 0 Å². The molecule has 4 heteroatoms. The van der Waals surface area contributed by atoms with Crippen molar-refractivity contribution in [3.63, 3.8) is 0 Å². The van der Waals surface area contributed by atoms with Crippen molar-refractivity contribution in [1.29, 1.82) is 0 Å². The van der Waals surface area contributed by atoms with Crippen LogP contribution in [0.1, 0.15) is 38.8 Å². The van der Waals surface area contributed by atoms with Crippen molar-refractivity contribution in [2.45, 2.75) is 38.9 Å². The SMILES string of the molecule is CC(C)(OOC(=O)OC(C)(C)c1ccccc1)c1ccccc1. The molecule has 0 bridgehead atoms. The van der Waals surface area contributed by atoms with Gasteiger partial charge in [-0.25, -0.2) is 4.79 Å². The van der Waals surface area contributed by atoms with Crippen molar-refractivity contribution in [3.8, 4) is 0 Å². The highest BCUT2D eigenvalue weighted by Gasteiger charge is 2.29. The third-order valence-corrected chi connectivity index (χ3v) is 3.59. The summed E-state index contributed by atoms with van der Waals surface area (Å²) in [6.07, 6.45) is -0.872. The number of hydrogen-bond donors (Lipinski definition) is 0. The fraction of sp³-hybridized carbons (Fsp3) is 0.316. The van der Waals surface area contributed by atoms with Crippen LogP contribution in [0.2, 0.25) is 0 Å². The second kappa shape index (κ2) is 6.84. The summed E-state index contributed by atoms with van der Waals surface area (Å²) in [7, 11) is 0. The molecule has 0 aliphatic rings. The summed E-state index contributed by atoms with van der Waals surface area (Å²) >= 11 is 0. The van der Waals surface area contributed by atoms with Crippen molar-refractivity contribution in [3.05, 3.63) is 71.8 Å². The number of benzene rings is 2. The van der Waals surface area contributed by atoms with Gasteiger partial charge in [-0.3, -0.25) is 4.89 Å². The molecule has 2 aromatic carbocycles. The molecule has 0 aromatic heterocycles. The highest BCUT2D eigenvalue weighted by atomic mass is 17.2. The first-order valence-electron chi connectivity index (χ1n) is 7.51. The summed E-state index contributed by atoms with van der Waals surface area (Å²) in [6.45, 7) is 7.23. The molecule has 0 aliphatic carbocycles. The average Bonchev–Trinajstić information content (AvgIpc) is 2.54. The Bertz CT molecular complexity index is 633. The minimum absolute atomic E-state index is 0.767. The predicted molar refractivity (Wildman–Crippen MR) is 87.6 cm³/mol. The smallest absolute Gasteiger partial charge is 0.421 e. The number of carbonyl (C=O) groups excluding carboxylic acids is 1. The van der Waals surface area contributed by atoms with Crippen molar-refractivity contribution in [2.24, 2.45) is 0 Å². The molecule has 23 heavy (non-hydrogen) atoms. The van der Waals surface area contributed by atoms with Crippen molar-refractivity contribution in [2.75, 3.05) is 0 Å². The number of ether oxygens (including phenoxy) is 1. The van der Waals surface area contributed by atoms with Gasteiger partial charge in [-0.2, -0.15) is 4.89 Å². The predicted octanol–water partition coefficient (Wildman–Crippen LogP) is 4.94. The zero-order valence-electron chi connectivity index (χ0n) is 13.9. The topological polar surface area (TPSA) is 44.8 Å². The summed E-state index contributed by atoms with van der Waals surface area (Å²) in [5, 5.41) is 0. The number of hydrogen-bond acceptors (Lipinski definition) is 4. The van der Waals surface area contributed by atoms with Gasteiger partial charge >= 0.3 is 6.16 Å². The fourth-order valence-corrected chi connectivity index (χ4v) is 2.15. The van der Waals surface area contributed by atoms with E-state index in [1.807, 2.05) is 74.5 Å². The number of carbonyl (C=O) groups is 1. The molecule has 122 valence electrons. The molecule has 0 heterocycles. The Balaban J connectivity index is 1.95. The molecule has 0 radical (unpaired) electrons. The highest BCUT2D eigenvalue weighted by Crippen LogP contribution is 2.27. The Labute approximate surface area is 136 Å². The summed E-state index contributed by atoms with van der Waals surface area (Å²) in [5.41, 5.74) is 0.199. The van der Waals surface area contributed by atoms with Crippen LogP contribution in [0.15, 0.2) is 60.7 Å². The van der Waals surface area contributed by atoms with E-state index in [1.165, 1.54) is 0 Å². The van der Waals surface area contributed by atoms with Gasteiger partial charge in [0.15, 0.2) is 0 Å². The van der Waals surface area contributed by atoms with E-state index in [9.17, 15) is 4.79 Å². The van der Waals surface area contributed by atoms with Gasteiger partial charge in [0.05, 0.1) is 0 Å². The molecule has 0 N–H and O–H groups in total. The maximum atomic E-state index is 11.9. The van der Waals surface area contributed by atoms with E-state index in [0.717, 1.165) is 11.1 Å². The molecule has 0 atom stereocenters.